The van der Waals surface area contributed by atoms with Gasteiger partial charge in [0.25, 0.3) is 0 Å². The Labute approximate surface area is 119 Å². The van der Waals surface area contributed by atoms with E-state index in [2.05, 4.69) is 9.71 Å². The number of benzene rings is 1. The van der Waals surface area contributed by atoms with E-state index in [0.29, 0.717) is 19.6 Å². The van der Waals surface area contributed by atoms with Crippen LogP contribution in [0.15, 0.2) is 30.5 Å². The Kier molecular flexibility index (Phi) is 5.17. The second-order valence-electron chi connectivity index (χ2n) is 4.52. The van der Waals surface area contributed by atoms with Crippen LogP contribution >= 0.6 is 0 Å². The molecule has 0 radical (unpaired) electrons. The number of aromatic nitrogens is 1. The molecule has 2 N–H and O–H groups in total. The Morgan fingerprint density at radius 2 is 2.10 bits per heavy atom. The SMILES string of the molecule is CCOCCS(=O)(=O)NCCc1c[nH]c2ccccc12. The summed E-state index contributed by atoms with van der Waals surface area (Å²) in [5.74, 6) is 0.00866. The molecule has 2 rings (SSSR count). The van der Waals surface area contributed by atoms with Gasteiger partial charge in [0.05, 0.1) is 12.4 Å². The van der Waals surface area contributed by atoms with Crippen molar-refractivity contribution in [2.24, 2.45) is 0 Å². The van der Waals surface area contributed by atoms with Gasteiger partial charge in [0.15, 0.2) is 0 Å². The van der Waals surface area contributed by atoms with Crippen molar-refractivity contribution in [3.63, 3.8) is 0 Å². The molecule has 2 aromatic rings. The van der Waals surface area contributed by atoms with Gasteiger partial charge in [-0.25, -0.2) is 13.1 Å². The number of nitrogens with one attached hydrogen (secondary N) is 2. The molecule has 0 bridgehead atoms. The van der Waals surface area contributed by atoms with Crippen LogP contribution in [0, 0.1) is 0 Å². The van der Waals surface area contributed by atoms with Crippen LogP contribution in [-0.4, -0.2) is 38.9 Å². The first kappa shape index (κ1) is 15.0. The van der Waals surface area contributed by atoms with Gasteiger partial charge >= 0.3 is 0 Å². The van der Waals surface area contributed by atoms with Crippen LogP contribution < -0.4 is 4.72 Å². The molecule has 1 aromatic heterocycles. The smallest absolute Gasteiger partial charge is 0.213 e. The minimum Gasteiger partial charge on any atom is -0.381 e. The molecule has 5 nitrogen and oxygen atoms in total. The van der Waals surface area contributed by atoms with Crippen molar-refractivity contribution in [3.8, 4) is 0 Å². The summed E-state index contributed by atoms with van der Waals surface area (Å²) < 4.78 is 31.1. The molecule has 1 aromatic carbocycles. The Hall–Kier alpha value is -1.37. The normalized spacial score (nSPS) is 12.1. The third-order valence-corrected chi connectivity index (χ3v) is 4.44. The first-order chi connectivity index (χ1) is 9.62. The van der Waals surface area contributed by atoms with Gasteiger partial charge in [-0.2, -0.15) is 0 Å². The lowest BCUT2D eigenvalue weighted by atomic mass is 10.1. The fraction of sp³-hybridized carbons (Fsp3) is 0.429. The number of H-pyrrole nitrogens is 1. The largest absolute Gasteiger partial charge is 0.381 e. The number of rotatable bonds is 8. The fourth-order valence-corrected chi connectivity index (χ4v) is 2.96. The molecule has 6 heteroatoms. The average molecular weight is 296 g/mol. The van der Waals surface area contributed by atoms with Gasteiger partial charge in [0, 0.05) is 30.3 Å². The van der Waals surface area contributed by atoms with E-state index in [0.717, 1.165) is 16.5 Å². The molecule has 0 aliphatic carbocycles. The van der Waals surface area contributed by atoms with E-state index in [-0.39, 0.29) is 12.4 Å². The van der Waals surface area contributed by atoms with Crippen molar-refractivity contribution in [2.45, 2.75) is 13.3 Å². The van der Waals surface area contributed by atoms with E-state index in [4.69, 9.17) is 4.74 Å². The number of fused-ring (bicyclic) bond motifs is 1. The second-order valence-corrected chi connectivity index (χ2v) is 6.45. The predicted octanol–water partition coefficient (Wildman–Crippen LogP) is 1.67. The molecule has 0 saturated heterocycles. The molecule has 20 heavy (non-hydrogen) atoms. The van der Waals surface area contributed by atoms with E-state index in [1.807, 2.05) is 37.4 Å². The van der Waals surface area contributed by atoms with Crippen LogP contribution in [0.25, 0.3) is 10.9 Å². The van der Waals surface area contributed by atoms with Crippen molar-refractivity contribution in [2.75, 3.05) is 25.5 Å². The van der Waals surface area contributed by atoms with E-state index in [1.54, 1.807) is 0 Å². The zero-order valence-electron chi connectivity index (χ0n) is 11.6. The molecule has 1 heterocycles. The van der Waals surface area contributed by atoms with Gasteiger partial charge in [-0.3, -0.25) is 0 Å². The highest BCUT2D eigenvalue weighted by Crippen LogP contribution is 2.17. The Bertz CT molecular complexity index is 649. The third-order valence-electron chi connectivity index (χ3n) is 3.09. The van der Waals surface area contributed by atoms with Crippen LogP contribution in [0.2, 0.25) is 0 Å². The lowest BCUT2D eigenvalue weighted by Crippen LogP contribution is -2.30. The lowest BCUT2D eigenvalue weighted by molar-refractivity contribution is 0.163. The summed E-state index contributed by atoms with van der Waals surface area (Å²) in [7, 11) is -3.25. The number of ether oxygens (including phenoxy) is 1. The lowest BCUT2D eigenvalue weighted by Gasteiger charge is -2.06. The zero-order chi connectivity index (χ0) is 14.4. The van der Waals surface area contributed by atoms with E-state index in [1.165, 1.54) is 0 Å². The topological polar surface area (TPSA) is 71.2 Å². The molecule has 0 amide bonds. The summed E-state index contributed by atoms with van der Waals surface area (Å²) in [6.07, 6.45) is 2.59. The molecule has 0 aliphatic rings. The third kappa shape index (κ3) is 4.06. The minimum atomic E-state index is -3.25. The van der Waals surface area contributed by atoms with Crippen molar-refractivity contribution in [3.05, 3.63) is 36.0 Å². The van der Waals surface area contributed by atoms with Crippen LogP contribution in [0.1, 0.15) is 12.5 Å². The molecule has 0 aliphatic heterocycles. The van der Waals surface area contributed by atoms with Crippen molar-refractivity contribution in [1.29, 1.82) is 0 Å². The van der Waals surface area contributed by atoms with Gasteiger partial charge in [0.1, 0.15) is 0 Å². The van der Waals surface area contributed by atoms with Crippen molar-refractivity contribution < 1.29 is 13.2 Å². The maximum atomic E-state index is 11.7. The Balaban J connectivity index is 1.86. The molecule has 110 valence electrons. The van der Waals surface area contributed by atoms with Crippen LogP contribution in [0.5, 0.6) is 0 Å². The fourth-order valence-electron chi connectivity index (χ4n) is 2.06. The van der Waals surface area contributed by atoms with Gasteiger partial charge < -0.3 is 9.72 Å². The maximum absolute atomic E-state index is 11.7. The van der Waals surface area contributed by atoms with Crippen molar-refractivity contribution in [1.82, 2.24) is 9.71 Å². The number of para-hydroxylation sites is 1. The predicted molar refractivity (Wildman–Crippen MR) is 80.3 cm³/mol. The molecule has 0 fully saturated rings. The summed E-state index contributed by atoms with van der Waals surface area (Å²) in [6.45, 7) is 3.01. The number of hydrogen-bond donors (Lipinski definition) is 2. The number of aromatic amines is 1. The summed E-state index contributed by atoms with van der Waals surface area (Å²) in [5.41, 5.74) is 2.19. The van der Waals surface area contributed by atoms with Gasteiger partial charge in [0.2, 0.25) is 10.0 Å². The number of hydrogen-bond acceptors (Lipinski definition) is 3. The molecule has 0 saturated carbocycles. The summed E-state index contributed by atoms with van der Waals surface area (Å²) >= 11 is 0. The second kappa shape index (κ2) is 6.88. The number of sulfonamides is 1. The van der Waals surface area contributed by atoms with Crippen LogP contribution in [0.4, 0.5) is 0 Å². The maximum Gasteiger partial charge on any atom is 0.213 e. The van der Waals surface area contributed by atoms with E-state index >= 15 is 0 Å². The molecular weight excluding hydrogens is 276 g/mol. The van der Waals surface area contributed by atoms with Crippen LogP contribution in [0.3, 0.4) is 0 Å². The Morgan fingerprint density at radius 3 is 2.90 bits per heavy atom. The van der Waals surface area contributed by atoms with Gasteiger partial charge in [-0.05, 0) is 25.0 Å². The first-order valence-electron chi connectivity index (χ1n) is 6.72. The quantitative estimate of drug-likeness (QED) is 0.728. The standard InChI is InChI=1S/C14H20N2O3S/c1-2-19-9-10-20(17,18)16-8-7-12-11-15-14-6-4-3-5-13(12)14/h3-6,11,15-16H,2,7-10H2,1H3. The average Bonchev–Trinajstić information content (AvgIpc) is 2.82. The first-order valence-corrected chi connectivity index (χ1v) is 8.37. The summed E-state index contributed by atoms with van der Waals surface area (Å²) in [5, 5.41) is 1.14. The summed E-state index contributed by atoms with van der Waals surface area (Å²) in [6, 6.07) is 7.99. The monoisotopic (exact) mass is 296 g/mol. The molecular formula is C14H20N2O3S. The zero-order valence-corrected chi connectivity index (χ0v) is 12.4. The Morgan fingerprint density at radius 1 is 1.30 bits per heavy atom. The minimum absolute atomic E-state index is 0.00866. The molecule has 0 spiro atoms. The highest BCUT2D eigenvalue weighted by molar-refractivity contribution is 7.89. The van der Waals surface area contributed by atoms with Gasteiger partial charge in [-0.1, -0.05) is 18.2 Å². The van der Waals surface area contributed by atoms with Crippen molar-refractivity contribution >= 4 is 20.9 Å². The molecule has 0 unspecified atom stereocenters. The highest BCUT2D eigenvalue weighted by Gasteiger charge is 2.10. The molecule has 0 atom stereocenters. The van der Waals surface area contributed by atoms with Gasteiger partial charge in [-0.15, -0.1) is 0 Å². The van der Waals surface area contributed by atoms with Crippen LogP contribution in [-0.2, 0) is 21.2 Å². The van der Waals surface area contributed by atoms with E-state index < -0.39 is 10.0 Å². The van der Waals surface area contributed by atoms with E-state index in [9.17, 15) is 8.42 Å². The highest BCUT2D eigenvalue weighted by atomic mass is 32.2. The summed E-state index contributed by atoms with van der Waals surface area (Å²) in [4.78, 5) is 3.18.